The smallest absolute Gasteiger partial charge is 1.00 e. The van der Waals surface area contributed by atoms with Crippen molar-refractivity contribution in [3.63, 3.8) is 0 Å². The Morgan fingerprint density at radius 3 is 0.958 bits per heavy atom. The molecule has 0 N–H and O–H groups in total. The van der Waals surface area contributed by atoms with Crippen LogP contribution >= 0.6 is 11.6 Å². The molecular weight excluding hydrogens is 426 g/mol. The summed E-state index contributed by atoms with van der Waals surface area (Å²) in [6.45, 7) is 0. The zero-order valence-corrected chi connectivity index (χ0v) is 15.2. The van der Waals surface area contributed by atoms with Gasteiger partial charge in [-0.2, -0.15) is 0 Å². The molecule has 1 aromatic rings. The van der Waals surface area contributed by atoms with Gasteiger partial charge in [-0.15, -0.1) is 0 Å². The van der Waals surface area contributed by atoms with Gasteiger partial charge >= 0.3 is 73.1 Å². The monoisotopic (exact) mass is 431 g/mol. The fraction of sp³-hybridized carbons (Fsp3) is 0. The predicted molar refractivity (Wildman–Crippen MR) is 63.1 cm³/mol. The van der Waals surface area contributed by atoms with Gasteiger partial charge in [0.15, 0.2) is 0 Å². The maximum Gasteiger partial charge on any atom is 1.00 e. The summed E-state index contributed by atoms with van der Waals surface area (Å²) in [5.74, 6) is -0.367. The molecule has 0 nitrogen and oxygen atoms in total. The minimum absolute atomic E-state index is 0. The van der Waals surface area contributed by atoms with Gasteiger partial charge in [0, 0.05) is 0 Å². The molecule has 0 atom stereocenters. The van der Waals surface area contributed by atoms with Crippen LogP contribution in [0.15, 0.2) is 24.3 Å². The van der Waals surface area contributed by atoms with Crippen LogP contribution < -0.4 is 51.4 Å². The van der Waals surface area contributed by atoms with Gasteiger partial charge in [0.2, 0.25) is 0 Å². The molecule has 0 bridgehead atoms. The van der Waals surface area contributed by atoms with E-state index in [0.717, 1.165) is 0 Å². The van der Waals surface area contributed by atoms with E-state index in [1.165, 1.54) is 12.1 Å². The van der Waals surface area contributed by atoms with E-state index in [1.54, 1.807) is 12.1 Å². The largest absolute Gasteiger partial charge is 1.00 e. The third-order valence-electron chi connectivity index (χ3n) is 0.824. The Morgan fingerprint density at radius 1 is 0.625 bits per heavy atom. The summed E-state index contributed by atoms with van der Waals surface area (Å²) in [6.07, 6.45) is 0. The van der Waals surface area contributed by atoms with Crippen LogP contribution in [-0.4, -0.2) is 21.8 Å². The molecule has 0 aliphatic rings. The van der Waals surface area contributed by atoms with Crippen molar-refractivity contribution < 1.29 is 109 Å². The number of rotatable bonds is 0. The second-order valence-electron chi connectivity index (χ2n) is 2.90. The van der Waals surface area contributed by atoms with Gasteiger partial charge in [-0.1, -0.05) is 23.7 Å². The minimum Gasteiger partial charge on any atom is -1.00 e. The minimum atomic E-state index is -6.00. The van der Waals surface area contributed by atoms with Crippen LogP contribution in [0.3, 0.4) is 0 Å². The van der Waals surface area contributed by atoms with E-state index in [4.69, 9.17) is 11.6 Å². The fourth-order valence-electron chi connectivity index (χ4n) is 0.439. The zero-order chi connectivity index (χ0) is 19.5. The topological polar surface area (TPSA) is 0 Å². The molecule has 1 aromatic carbocycles. The van der Waals surface area contributed by atoms with Crippen molar-refractivity contribution in [1.29, 1.82) is 0 Å². The van der Waals surface area contributed by atoms with Crippen LogP contribution in [0.2, 0.25) is 5.02 Å². The first-order valence-electron chi connectivity index (χ1n) is 4.82. The zero-order valence-electron chi connectivity index (χ0n) is 12.3. The number of hydrogen-bond acceptors (Lipinski definition) is 0. The molecule has 18 heteroatoms. The van der Waals surface area contributed by atoms with Gasteiger partial charge in [0.1, 0.15) is 5.82 Å². The van der Waals surface area contributed by atoms with E-state index in [9.17, 15) is 56.2 Å². The normalized spacial score (nSPS) is 10.6. The van der Waals surface area contributed by atoms with E-state index in [2.05, 4.69) is 0 Å². The van der Waals surface area contributed by atoms with Crippen molar-refractivity contribution in [1.82, 2.24) is 0 Å². The molecule has 0 saturated carbocycles. The summed E-state index contributed by atoms with van der Waals surface area (Å²) < 4.78 is 129. The summed E-state index contributed by atoms with van der Waals surface area (Å²) >= 11 is 5.33. The SMILES string of the molecule is F[B-](F)(F)F.F[B-](F)(F)F.F[B-](F)(F)F.Fc1ccccc1Cl.[H-].[K+]. The molecular formula is C6H5B3ClF13K-3. The Balaban J connectivity index is -0.0000000714. The predicted octanol–water partition coefficient (Wildman–Crippen LogP) is 3.50. The summed E-state index contributed by atoms with van der Waals surface area (Å²) in [7, 11) is -18.0. The first kappa shape index (κ1) is 32.1. The fourth-order valence-corrected chi connectivity index (χ4v) is 0.575. The average molecular weight is 431 g/mol. The van der Waals surface area contributed by atoms with Gasteiger partial charge in [-0.05, 0) is 12.1 Å². The van der Waals surface area contributed by atoms with Crippen LogP contribution in [0.4, 0.5) is 56.2 Å². The van der Waals surface area contributed by atoms with Gasteiger partial charge < -0.3 is 53.2 Å². The third-order valence-corrected chi connectivity index (χ3v) is 1.13. The van der Waals surface area contributed by atoms with E-state index in [-0.39, 0.29) is 63.7 Å². The van der Waals surface area contributed by atoms with Crippen molar-refractivity contribution in [3.05, 3.63) is 35.1 Å². The maximum atomic E-state index is 12.2. The van der Waals surface area contributed by atoms with Gasteiger partial charge in [-0.25, -0.2) is 4.39 Å². The summed E-state index contributed by atoms with van der Waals surface area (Å²) in [6, 6.07) is 6.12. The van der Waals surface area contributed by atoms with E-state index < -0.39 is 21.8 Å². The molecule has 0 radical (unpaired) electrons. The molecule has 0 aromatic heterocycles. The molecule has 0 aliphatic carbocycles. The molecule has 0 amide bonds. The van der Waals surface area contributed by atoms with Crippen molar-refractivity contribution >= 4 is 33.4 Å². The molecule has 0 fully saturated rings. The van der Waals surface area contributed by atoms with Crippen LogP contribution in [0.1, 0.15) is 1.43 Å². The molecule has 140 valence electrons. The van der Waals surface area contributed by atoms with Crippen molar-refractivity contribution in [2.24, 2.45) is 0 Å². The Kier molecular flexibility index (Phi) is 19.5. The van der Waals surface area contributed by atoms with Gasteiger partial charge in [0.25, 0.3) is 0 Å². The summed E-state index contributed by atoms with van der Waals surface area (Å²) in [5.41, 5.74) is 0. The van der Waals surface area contributed by atoms with Crippen LogP contribution in [0, 0.1) is 5.82 Å². The molecule has 1 rings (SSSR count). The number of benzene rings is 1. The second kappa shape index (κ2) is 14.6. The number of hydrogen-bond donors (Lipinski definition) is 0. The van der Waals surface area contributed by atoms with E-state index in [1.807, 2.05) is 0 Å². The first-order chi connectivity index (χ1) is 9.80. The second-order valence-corrected chi connectivity index (χ2v) is 3.31. The molecule has 0 unspecified atom stereocenters. The Hall–Kier alpha value is 0.431. The van der Waals surface area contributed by atoms with E-state index >= 15 is 0 Å². The standard InChI is InChI=1S/C6H4ClF.3BF4.K.H/c7-5-3-1-2-4-6(5)8;3*2-1(3,4)5;;/h1-4H;;;;;/q;3*-1;+1;-1. The Bertz CT molecular complexity index is 358. The van der Waals surface area contributed by atoms with Crippen molar-refractivity contribution in [3.8, 4) is 0 Å². The van der Waals surface area contributed by atoms with Gasteiger partial charge in [-0.3, -0.25) is 0 Å². The Morgan fingerprint density at radius 2 is 0.833 bits per heavy atom. The van der Waals surface area contributed by atoms with Crippen LogP contribution in [0.25, 0.3) is 0 Å². The molecule has 0 spiro atoms. The molecule has 24 heavy (non-hydrogen) atoms. The van der Waals surface area contributed by atoms with Crippen LogP contribution in [0.5, 0.6) is 0 Å². The number of halogens is 14. The molecule has 0 aliphatic heterocycles. The third kappa shape index (κ3) is 78.8. The quantitative estimate of drug-likeness (QED) is 0.436. The van der Waals surface area contributed by atoms with Crippen molar-refractivity contribution in [2.75, 3.05) is 0 Å². The van der Waals surface area contributed by atoms with Crippen molar-refractivity contribution in [2.45, 2.75) is 0 Å². The summed E-state index contributed by atoms with van der Waals surface area (Å²) in [5, 5.41) is 0.174. The Labute approximate surface area is 176 Å². The average Bonchev–Trinajstić information content (AvgIpc) is 2.14. The summed E-state index contributed by atoms with van der Waals surface area (Å²) in [4.78, 5) is 0. The van der Waals surface area contributed by atoms with Gasteiger partial charge in [0.05, 0.1) is 5.02 Å². The molecule has 0 heterocycles. The van der Waals surface area contributed by atoms with Crippen LogP contribution in [-0.2, 0) is 0 Å². The maximum absolute atomic E-state index is 12.2. The first-order valence-corrected chi connectivity index (χ1v) is 5.20. The van der Waals surface area contributed by atoms with E-state index in [0.29, 0.717) is 0 Å². The molecule has 0 saturated heterocycles.